The number of carbonyl (C=O) groups excluding carboxylic acids is 3. The summed E-state index contributed by atoms with van der Waals surface area (Å²) in [7, 11) is 0. The van der Waals surface area contributed by atoms with Crippen molar-refractivity contribution in [3.05, 3.63) is 70.2 Å². The molecule has 0 aromatic heterocycles. The van der Waals surface area contributed by atoms with Crippen LogP contribution >= 0.6 is 11.6 Å². The molecule has 0 radical (unpaired) electrons. The monoisotopic (exact) mass is 409 g/mol. The molecule has 0 aliphatic heterocycles. The highest BCUT2D eigenvalue weighted by molar-refractivity contribution is 6.30. The van der Waals surface area contributed by atoms with Gasteiger partial charge < -0.3 is 10.1 Å². The van der Waals surface area contributed by atoms with Crippen LogP contribution in [0.2, 0.25) is 5.02 Å². The van der Waals surface area contributed by atoms with Crippen LogP contribution < -0.4 is 5.32 Å². The van der Waals surface area contributed by atoms with Crippen molar-refractivity contribution in [1.82, 2.24) is 5.32 Å². The summed E-state index contributed by atoms with van der Waals surface area (Å²) in [5.74, 6) is -4.98. The lowest BCUT2D eigenvalue weighted by Gasteiger charge is -2.21. The van der Waals surface area contributed by atoms with Gasteiger partial charge in [0.25, 0.3) is 5.91 Å². The summed E-state index contributed by atoms with van der Waals surface area (Å²) >= 11 is 5.75. The van der Waals surface area contributed by atoms with Gasteiger partial charge in [-0.15, -0.1) is 0 Å². The molecule has 0 fully saturated rings. The van der Waals surface area contributed by atoms with Crippen molar-refractivity contribution in [2.45, 2.75) is 19.9 Å². The fourth-order valence-electron chi connectivity index (χ4n) is 2.37. The first-order chi connectivity index (χ1) is 13.2. The predicted octanol–water partition coefficient (Wildman–Crippen LogP) is 3.80. The van der Waals surface area contributed by atoms with E-state index >= 15 is 0 Å². The van der Waals surface area contributed by atoms with Crippen molar-refractivity contribution in [3.8, 4) is 0 Å². The van der Waals surface area contributed by atoms with Gasteiger partial charge in [-0.25, -0.2) is 13.6 Å². The lowest BCUT2D eigenvalue weighted by Crippen LogP contribution is -2.46. The molecule has 0 saturated heterocycles. The molecule has 0 heterocycles. The van der Waals surface area contributed by atoms with Crippen LogP contribution in [-0.4, -0.2) is 30.3 Å². The normalized spacial score (nSPS) is 11.8. The number of hydrogen-bond donors (Lipinski definition) is 1. The summed E-state index contributed by atoms with van der Waals surface area (Å²) in [6, 6.07) is 7.83. The fraction of sp³-hybridized carbons (Fsp3) is 0.250. The van der Waals surface area contributed by atoms with Gasteiger partial charge in [-0.3, -0.25) is 9.59 Å². The molecule has 2 rings (SSSR count). The zero-order valence-corrected chi connectivity index (χ0v) is 15.9. The first kappa shape index (κ1) is 21.5. The van der Waals surface area contributed by atoms with Gasteiger partial charge in [0.05, 0.1) is 0 Å². The summed E-state index contributed by atoms with van der Waals surface area (Å²) in [6.45, 7) is 2.68. The number of Topliss-reactive ketones (excluding diaryl/α,β-unsaturated/α-hetero) is 1. The number of carbonyl (C=O) groups is 3. The lowest BCUT2D eigenvalue weighted by molar-refractivity contribution is -0.145. The van der Waals surface area contributed by atoms with Gasteiger partial charge in [0, 0.05) is 10.6 Å². The molecule has 0 saturated carbocycles. The Hall–Kier alpha value is -2.80. The van der Waals surface area contributed by atoms with Crippen LogP contribution in [0.3, 0.4) is 0 Å². The lowest BCUT2D eigenvalue weighted by atomic mass is 10.0. The van der Waals surface area contributed by atoms with Gasteiger partial charge in [-0.1, -0.05) is 31.5 Å². The number of rotatable bonds is 7. The minimum absolute atomic E-state index is 0.302. The molecule has 0 aliphatic rings. The fourth-order valence-corrected chi connectivity index (χ4v) is 2.50. The second-order valence-corrected chi connectivity index (χ2v) is 6.77. The Bertz CT molecular complexity index is 864. The quantitative estimate of drug-likeness (QED) is 0.557. The summed E-state index contributed by atoms with van der Waals surface area (Å²) in [4.78, 5) is 36.6. The maximum atomic E-state index is 13.8. The van der Waals surface area contributed by atoms with Crippen LogP contribution in [-0.2, 0) is 9.53 Å². The number of ether oxygens (including phenoxy) is 1. The van der Waals surface area contributed by atoms with Gasteiger partial charge in [0.15, 0.2) is 12.4 Å². The number of nitrogens with one attached hydrogen (secondary N) is 1. The highest BCUT2D eigenvalue weighted by atomic mass is 35.5. The van der Waals surface area contributed by atoms with Crippen LogP contribution in [0.1, 0.15) is 34.6 Å². The van der Waals surface area contributed by atoms with E-state index in [0.29, 0.717) is 10.6 Å². The minimum atomic E-state index is -1.19. The van der Waals surface area contributed by atoms with Gasteiger partial charge in [-0.2, -0.15) is 0 Å². The zero-order valence-electron chi connectivity index (χ0n) is 15.2. The molecule has 2 aromatic rings. The van der Waals surface area contributed by atoms with Crippen molar-refractivity contribution in [1.29, 1.82) is 0 Å². The van der Waals surface area contributed by atoms with Gasteiger partial charge in [-0.05, 0) is 42.3 Å². The molecule has 2 aromatic carbocycles. The second-order valence-electron chi connectivity index (χ2n) is 6.33. The maximum Gasteiger partial charge on any atom is 0.329 e. The van der Waals surface area contributed by atoms with E-state index in [2.05, 4.69) is 5.32 Å². The molecule has 28 heavy (non-hydrogen) atoms. The Labute approximate surface area is 165 Å². The molecule has 0 aliphatic carbocycles. The Balaban J connectivity index is 2.04. The zero-order chi connectivity index (χ0) is 20.8. The van der Waals surface area contributed by atoms with Gasteiger partial charge in [0.1, 0.15) is 23.2 Å². The van der Waals surface area contributed by atoms with E-state index in [1.54, 1.807) is 13.8 Å². The first-order valence-electron chi connectivity index (χ1n) is 8.41. The van der Waals surface area contributed by atoms with Crippen LogP contribution in [0, 0.1) is 17.6 Å². The molecule has 1 atom stereocenters. The van der Waals surface area contributed by atoms with Gasteiger partial charge in [0.2, 0.25) is 0 Å². The molecule has 8 heteroatoms. The van der Waals surface area contributed by atoms with E-state index in [4.69, 9.17) is 16.3 Å². The van der Waals surface area contributed by atoms with E-state index in [1.807, 2.05) is 0 Å². The molecule has 5 nitrogen and oxygen atoms in total. The van der Waals surface area contributed by atoms with E-state index in [-0.39, 0.29) is 0 Å². The van der Waals surface area contributed by atoms with Crippen LogP contribution in [0.4, 0.5) is 8.78 Å². The van der Waals surface area contributed by atoms with Crippen LogP contribution in [0.25, 0.3) is 0 Å². The average molecular weight is 410 g/mol. The second kappa shape index (κ2) is 9.41. The summed E-state index contributed by atoms with van der Waals surface area (Å²) in [5, 5.41) is 2.72. The summed E-state index contributed by atoms with van der Waals surface area (Å²) in [5.41, 5.74) is -0.492. The highest BCUT2D eigenvalue weighted by Crippen LogP contribution is 2.14. The molecule has 148 valence electrons. The SMILES string of the molecule is CC(C)[C@H](NC(=O)c1c(F)cccc1F)C(=O)OCC(=O)c1ccc(Cl)cc1. The Morgan fingerprint density at radius 2 is 1.61 bits per heavy atom. The molecule has 1 amide bonds. The van der Waals surface area contributed by atoms with E-state index < -0.39 is 53.4 Å². The average Bonchev–Trinajstić information content (AvgIpc) is 2.64. The van der Waals surface area contributed by atoms with Crippen molar-refractivity contribution in [2.24, 2.45) is 5.92 Å². The van der Waals surface area contributed by atoms with E-state index in [9.17, 15) is 23.2 Å². The van der Waals surface area contributed by atoms with Crippen molar-refractivity contribution in [3.63, 3.8) is 0 Å². The molecular weight excluding hydrogens is 392 g/mol. The molecule has 1 N–H and O–H groups in total. The van der Waals surface area contributed by atoms with Crippen molar-refractivity contribution >= 4 is 29.3 Å². The van der Waals surface area contributed by atoms with Crippen molar-refractivity contribution < 1.29 is 27.9 Å². The molecule has 0 bridgehead atoms. The maximum absolute atomic E-state index is 13.8. The third kappa shape index (κ3) is 5.36. The Kier molecular flexibility index (Phi) is 7.23. The van der Waals surface area contributed by atoms with Crippen LogP contribution in [0.5, 0.6) is 0 Å². The first-order valence-corrected chi connectivity index (χ1v) is 8.78. The van der Waals surface area contributed by atoms with Crippen LogP contribution in [0.15, 0.2) is 42.5 Å². The predicted molar refractivity (Wildman–Crippen MR) is 99.2 cm³/mol. The molecule has 0 unspecified atom stereocenters. The minimum Gasteiger partial charge on any atom is -0.456 e. The third-order valence-corrected chi connectivity index (χ3v) is 4.16. The summed E-state index contributed by atoms with van der Waals surface area (Å²) < 4.78 is 32.5. The van der Waals surface area contributed by atoms with E-state index in [0.717, 1.165) is 18.2 Å². The smallest absolute Gasteiger partial charge is 0.329 e. The number of amides is 1. The highest BCUT2D eigenvalue weighted by Gasteiger charge is 2.29. The molecular formula is C20H18ClF2NO4. The number of esters is 1. The Morgan fingerprint density at radius 3 is 2.14 bits per heavy atom. The Morgan fingerprint density at radius 1 is 1.04 bits per heavy atom. The number of halogens is 3. The topological polar surface area (TPSA) is 72.5 Å². The van der Waals surface area contributed by atoms with Crippen molar-refractivity contribution in [2.75, 3.05) is 6.61 Å². The molecule has 0 spiro atoms. The number of benzene rings is 2. The summed E-state index contributed by atoms with van der Waals surface area (Å²) in [6.07, 6.45) is 0. The number of hydrogen-bond acceptors (Lipinski definition) is 4. The van der Waals surface area contributed by atoms with E-state index in [1.165, 1.54) is 24.3 Å². The third-order valence-electron chi connectivity index (χ3n) is 3.91. The van der Waals surface area contributed by atoms with Gasteiger partial charge >= 0.3 is 5.97 Å². The number of ketones is 1. The standard InChI is InChI=1S/C20H18ClF2NO4/c1-11(2)18(24-19(26)17-14(22)4-3-5-15(17)23)20(27)28-10-16(25)12-6-8-13(21)9-7-12/h3-9,11,18H,10H2,1-2H3,(H,24,26)/t18-/m0/s1. The largest absolute Gasteiger partial charge is 0.456 e.